The van der Waals surface area contributed by atoms with Crippen molar-refractivity contribution in [1.82, 2.24) is 4.98 Å². The molecule has 1 atom stereocenters. The second-order valence-electron chi connectivity index (χ2n) is 6.00. The van der Waals surface area contributed by atoms with E-state index in [1.54, 1.807) is 24.3 Å². The highest BCUT2D eigenvalue weighted by molar-refractivity contribution is 7.73. The molecule has 1 heterocycles. The lowest BCUT2D eigenvalue weighted by atomic mass is 10.1. The Labute approximate surface area is 164 Å². The van der Waals surface area contributed by atoms with Gasteiger partial charge in [-0.15, -0.1) is 11.3 Å². The molecule has 0 aliphatic carbocycles. The summed E-state index contributed by atoms with van der Waals surface area (Å²) in [6.45, 7) is 0. The maximum absolute atomic E-state index is 10.8. The molecular weight excluding hydrogens is 384 g/mol. The average molecular weight is 402 g/mol. The Hall–Kier alpha value is -2.68. The summed E-state index contributed by atoms with van der Waals surface area (Å²) in [6, 6.07) is 13.8. The average Bonchev–Trinajstić information content (AvgIpc) is 2.95. The van der Waals surface area contributed by atoms with Gasteiger partial charge in [0.1, 0.15) is 17.5 Å². The van der Waals surface area contributed by atoms with Crippen LogP contribution in [-0.4, -0.2) is 27.2 Å². The molecule has 0 spiro atoms. The summed E-state index contributed by atoms with van der Waals surface area (Å²) in [7, 11) is 0. The molecule has 0 fully saturated rings. The molecule has 2 aromatic carbocycles. The standard InChI is InChI=1S/C19H18N2O4S2/c20-15(18(23)24)9-11-1-5-13(6-2-11)25-14-7-3-12(4-8-14)10-16-17(22)21-19(26)27-16/h1-8,15,22H,9-10,20H2,(H,21,26)(H,23,24). The quantitative estimate of drug-likeness (QED) is 0.447. The van der Waals surface area contributed by atoms with Crippen LogP contribution in [-0.2, 0) is 17.6 Å². The van der Waals surface area contributed by atoms with Crippen LogP contribution in [0.15, 0.2) is 48.5 Å². The second kappa shape index (κ2) is 8.34. The maximum atomic E-state index is 10.8. The predicted molar refractivity (Wildman–Crippen MR) is 106 cm³/mol. The highest BCUT2D eigenvalue weighted by Gasteiger charge is 2.12. The number of hydrogen-bond donors (Lipinski definition) is 4. The number of carboxylic acid groups (broad SMARTS) is 1. The number of aromatic hydroxyl groups is 1. The first-order chi connectivity index (χ1) is 12.9. The van der Waals surface area contributed by atoms with Crippen LogP contribution in [0.25, 0.3) is 0 Å². The van der Waals surface area contributed by atoms with Gasteiger partial charge in [0.25, 0.3) is 0 Å². The first-order valence-electron chi connectivity index (χ1n) is 8.16. The summed E-state index contributed by atoms with van der Waals surface area (Å²) in [5, 5.41) is 18.6. The molecule has 0 aliphatic heterocycles. The van der Waals surface area contributed by atoms with Gasteiger partial charge in [-0.1, -0.05) is 24.3 Å². The van der Waals surface area contributed by atoms with E-state index in [1.807, 2.05) is 24.3 Å². The minimum atomic E-state index is -1.02. The Morgan fingerprint density at radius 1 is 1.11 bits per heavy atom. The molecule has 0 saturated heterocycles. The summed E-state index contributed by atoms with van der Waals surface area (Å²) in [5.41, 5.74) is 7.40. The number of nitrogens with one attached hydrogen (secondary N) is 1. The van der Waals surface area contributed by atoms with E-state index in [0.717, 1.165) is 16.0 Å². The number of carboxylic acids is 1. The summed E-state index contributed by atoms with van der Waals surface area (Å²) in [4.78, 5) is 14.3. The van der Waals surface area contributed by atoms with Gasteiger partial charge in [0.2, 0.25) is 5.88 Å². The molecule has 3 aromatic rings. The largest absolute Gasteiger partial charge is 0.494 e. The SMILES string of the molecule is NC(Cc1ccc(Oc2ccc(Cc3sc(=S)[nH]c3O)cc2)cc1)C(=O)O. The van der Waals surface area contributed by atoms with Crippen LogP contribution in [0.1, 0.15) is 16.0 Å². The Morgan fingerprint density at radius 2 is 1.67 bits per heavy atom. The van der Waals surface area contributed by atoms with Gasteiger partial charge in [-0.3, -0.25) is 4.79 Å². The first kappa shape index (κ1) is 19.1. The summed E-state index contributed by atoms with van der Waals surface area (Å²) >= 11 is 6.38. The summed E-state index contributed by atoms with van der Waals surface area (Å²) in [6.07, 6.45) is 0.853. The Kier molecular flexibility index (Phi) is 5.90. The van der Waals surface area contributed by atoms with Crippen molar-refractivity contribution in [3.8, 4) is 17.4 Å². The van der Waals surface area contributed by atoms with Gasteiger partial charge in [-0.05, 0) is 54.0 Å². The molecule has 140 valence electrons. The van der Waals surface area contributed by atoms with Gasteiger partial charge < -0.3 is 25.7 Å². The Morgan fingerprint density at radius 3 is 2.15 bits per heavy atom. The highest BCUT2D eigenvalue weighted by atomic mass is 32.1. The molecular formula is C19H18N2O4S2. The van der Waals surface area contributed by atoms with E-state index >= 15 is 0 Å². The van der Waals surface area contributed by atoms with E-state index in [-0.39, 0.29) is 12.3 Å². The summed E-state index contributed by atoms with van der Waals surface area (Å²) in [5.74, 6) is 0.428. The van der Waals surface area contributed by atoms with Crippen molar-refractivity contribution in [1.29, 1.82) is 0 Å². The molecule has 1 unspecified atom stereocenters. The van der Waals surface area contributed by atoms with Gasteiger partial charge in [-0.25, -0.2) is 0 Å². The molecule has 0 saturated carbocycles. The van der Waals surface area contributed by atoms with Crippen molar-refractivity contribution in [2.75, 3.05) is 0 Å². The fourth-order valence-electron chi connectivity index (χ4n) is 2.50. The number of aromatic nitrogens is 1. The zero-order valence-corrected chi connectivity index (χ0v) is 15.8. The fraction of sp³-hybridized carbons (Fsp3) is 0.158. The lowest BCUT2D eigenvalue weighted by Crippen LogP contribution is -2.32. The maximum Gasteiger partial charge on any atom is 0.320 e. The normalized spacial score (nSPS) is 11.9. The van der Waals surface area contributed by atoms with Gasteiger partial charge in [-0.2, -0.15) is 0 Å². The molecule has 0 amide bonds. The van der Waals surface area contributed by atoms with E-state index in [9.17, 15) is 9.90 Å². The third-order valence-electron chi connectivity index (χ3n) is 3.92. The van der Waals surface area contributed by atoms with Crippen molar-refractivity contribution in [3.05, 3.63) is 68.5 Å². The second-order valence-corrected chi connectivity index (χ2v) is 7.77. The highest BCUT2D eigenvalue weighted by Crippen LogP contribution is 2.27. The molecule has 8 heteroatoms. The van der Waals surface area contributed by atoms with Crippen molar-refractivity contribution in [2.24, 2.45) is 5.73 Å². The van der Waals surface area contributed by atoms with E-state index in [0.29, 0.717) is 21.9 Å². The van der Waals surface area contributed by atoms with Crippen LogP contribution in [0.2, 0.25) is 0 Å². The smallest absolute Gasteiger partial charge is 0.320 e. The minimum Gasteiger partial charge on any atom is -0.494 e. The molecule has 5 N–H and O–H groups in total. The van der Waals surface area contributed by atoms with Crippen molar-refractivity contribution in [2.45, 2.75) is 18.9 Å². The zero-order valence-electron chi connectivity index (χ0n) is 14.2. The van der Waals surface area contributed by atoms with Crippen LogP contribution in [0.3, 0.4) is 0 Å². The molecule has 0 bridgehead atoms. The van der Waals surface area contributed by atoms with Crippen LogP contribution in [0, 0.1) is 3.95 Å². The van der Waals surface area contributed by atoms with Gasteiger partial charge in [0.15, 0.2) is 3.95 Å². The molecule has 27 heavy (non-hydrogen) atoms. The number of carbonyl (C=O) groups is 1. The van der Waals surface area contributed by atoms with Gasteiger partial charge >= 0.3 is 5.97 Å². The topological polar surface area (TPSA) is 109 Å². The number of thiazole rings is 1. The number of nitrogens with two attached hydrogens (primary N) is 1. The molecule has 0 aliphatic rings. The molecule has 1 aromatic heterocycles. The predicted octanol–water partition coefficient (Wildman–Crippen LogP) is 3.85. The van der Waals surface area contributed by atoms with Gasteiger partial charge in [0, 0.05) is 6.42 Å². The zero-order chi connectivity index (χ0) is 19.4. The van der Waals surface area contributed by atoms with E-state index in [2.05, 4.69) is 4.98 Å². The monoisotopic (exact) mass is 402 g/mol. The van der Waals surface area contributed by atoms with E-state index in [1.165, 1.54) is 11.3 Å². The number of rotatable bonds is 7. The number of H-pyrrole nitrogens is 1. The third kappa shape index (κ3) is 5.16. The van der Waals surface area contributed by atoms with Crippen LogP contribution < -0.4 is 10.5 Å². The van der Waals surface area contributed by atoms with Gasteiger partial charge in [0.05, 0.1) is 4.88 Å². The van der Waals surface area contributed by atoms with Crippen molar-refractivity contribution in [3.63, 3.8) is 0 Å². The first-order valence-corrected chi connectivity index (χ1v) is 9.38. The van der Waals surface area contributed by atoms with E-state index < -0.39 is 12.0 Å². The van der Waals surface area contributed by atoms with Crippen LogP contribution in [0.4, 0.5) is 0 Å². The van der Waals surface area contributed by atoms with Crippen LogP contribution in [0.5, 0.6) is 17.4 Å². The van der Waals surface area contributed by atoms with Crippen molar-refractivity contribution < 1.29 is 19.7 Å². The number of ether oxygens (including phenoxy) is 1. The lowest BCUT2D eigenvalue weighted by molar-refractivity contribution is -0.138. The number of aliphatic carboxylic acids is 1. The third-order valence-corrected chi connectivity index (χ3v) is 5.14. The lowest BCUT2D eigenvalue weighted by Gasteiger charge is -2.09. The number of benzene rings is 2. The molecule has 0 radical (unpaired) electrons. The summed E-state index contributed by atoms with van der Waals surface area (Å²) < 4.78 is 6.35. The van der Waals surface area contributed by atoms with E-state index in [4.69, 9.17) is 27.8 Å². The Bertz CT molecular complexity index is 978. The minimum absolute atomic E-state index is 0.119. The van der Waals surface area contributed by atoms with Crippen LogP contribution >= 0.6 is 23.6 Å². The number of aromatic amines is 1. The van der Waals surface area contributed by atoms with Crippen molar-refractivity contribution >= 4 is 29.5 Å². The molecule has 3 rings (SSSR count). The fourth-order valence-corrected chi connectivity index (χ4v) is 3.66. The number of hydrogen-bond acceptors (Lipinski definition) is 6. The molecule has 6 nitrogen and oxygen atoms in total. The Balaban J connectivity index is 1.62.